The lowest BCUT2D eigenvalue weighted by Crippen LogP contribution is -2.42. The van der Waals surface area contributed by atoms with Crippen molar-refractivity contribution in [1.29, 1.82) is 0 Å². The Morgan fingerprint density at radius 1 is 1.16 bits per heavy atom. The van der Waals surface area contributed by atoms with E-state index in [1.165, 1.54) is 5.57 Å². The third-order valence-electron chi connectivity index (χ3n) is 6.09. The zero-order chi connectivity index (χ0) is 22.3. The van der Waals surface area contributed by atoms with Gasteiger partial charge in [-0.2, -0.15) is 0 Å². The molecule has 0 spiro atoms. The number of nitrogens with one attached hydrogen (secondary N) is 1. The highest BCUT2D eigenvalue weighted by Crippen LogP contribution is 2.48. The number of carbonyl (C=O) groups excluding carboxylic acids is 2. The van der Waals surface area contributed by atoms with E-state index in [2.05, 4.69) is 11.4 Å². The fourth-order valence-electron chi connectivity index (χ4n) is 4.76. The summed E-state index contributed by atoms with van der Waals surface area (Å²) >= 11 is 12.1. The average molecular weight is 467 g/mol. The number of benzene rings is 1. The number of nitrogens with zero attached hydrogens (tertiary/aromatic N) is 1. The van der Waals surface area contributed by atoms with Crippen LogP contribution in [-0.2, 0) is 14.3 Å². The van der Waals surface area contributed by atoms with Crippen LogP contribution in [0.2, 0.25) is 10.0 Å². The highest BCUT2D eigenvalue weighted by atomic mass is 35.5. The van der Waals surface area contributed by atoms with Crippen molar-refractivity contribution in [2.24, 2.45) is 11.8 Å². The molecule has 4 atom stereocenters. The van der Waals surface area contributed by atoms with Crippen LogP contribution >= 0.6 is 23.2 Å². The van der Waals surface area contributed by atoms with Crippen LogP contribution in [0, 0.1) is 11.8 Å². The minimum Gasteiger partial charge on any atom is -0.444 e. The molecule has 2 saturated heterocycles. The third kappa shape index (κ3) is 4.86. The molecule has 168 valence electrons. The van der Waals surface area contributed by atoms with E-state index in [9.17, 15) is 9.59 Å². The number of rotatable bonds is 3. The molecule has 0 aliphatic carbocycles. The molecule has 3 aliphatic heterocycles. The average Bonchev–Trinajstić information content (AvgIpc) is 3.31. The van der Waals surface area contributed by atoms with Crippen molar-refractivity contribution in [2.45, 2.75) is 57.8 Å². The van der Waals surface area contributed by atoms with Gasteiger partial charge in [0.25, 0.3) is 0 Å². The Morgan fingerprint density at radius 3 is 2.55 bits per heavy atom. The zero-order valence-corrected chi connectivity index (χ0v) is 19.5. The van der Waals surface area contributed by atoms with Gasteiger partial charge in [0.1, 0.15) is 5.60 Å². The third-order valence-corrected chi connectivity index (χ3v) is 6.83. The Labute approximate surface area is 192 Å². The number of hydrogen-bond donors (Lipinski definition) is 1. The molecule has 0 unspecified atom stereocenters. The number of amides is 2. The van der Waals surface area contributed by atoms with Crippen molar-refractivity contribution in [1.82, 2.24) is 4.90 Å². The summed E-state index contributed by atoms with van der Waals surface area (Å²) in [4.78, 5) is 27.3. The summed E-state index contributed by atoms with van der Waals surface area (Å²) in [7, 11) is 0. The molecule has 2 amide bonds. The largest absolute Gasteiger partial charge is 0.444 e. The Hall–Kier alpha value is -1.76. The number of halogens is 2. The van der Waals surface area contributed by atoms with Crippen LogP contribution in [0.3, 0.4) is 0 Å². The first-order valence-corrected chi connectivity index (χ1v) is 11.5. The molecule has 6 nitrogen and oxygen atoms in total. The Kier molecular flexibility index (Phi) is 6.25. The van der Waals surface area contributed by atoms with Crippen molar-refractivity contribution in [3.05, 3.63) is 39.9 Å². The Morgan fingerprint density at radius 2 is 1.90 bits per heavy atom. The summed E-state index contributed by atoms with van der Waals surface area (Å²) in [5.74, 6) is -0.291. The fraction of sp³-hybridized carbons (Fsp3) is 0.565. The molecule has 1 aromatic carbocycles. The van der Waals surface area contributed by atoms with Gasteiger partial charge in [-0.1, -0.05) is 34.9 Å². The second-order valence-corrected chi connectivity index (χ2v) is 10.2. The molecule has 3 heterocycles. The first kappa shape index (κ1) is 22.4. The van der Waals surface area contributed by atoms with Gasteiger partial charge in [0.05, 0.1) is 28.2 Å². The van der Waals surface area contributed by atoms with Gasteiger partial charge in [-0.05, 0) is 58.2 Å². The molecular weight excluding hydrogens is 439 g/mol. The van der Waals surface area contributed by atoms with Crippen LogP contribution in [-0.4, -0.2) is 47.8 Å². The maximum atomic E-state index is 13.2. The molecule has 1 aromatic rings. The molecule has 31 heavy (non-hydrogen) atoms. The van der Waals surface area contributed by atoms with Gasteiger partial charge in [0.2, 0.25) is 5.91 Å². The van der Waals surface area contributed by atoms with Gasteiger partial charge in [-0.3, -0.25) is 4.79 Å². The van der Waals surface area contributed by atoms with E-state index in [0.717, 1.165) is 12.8 Å². The van der Waals surface area contributed by atoms with E-state index >= 15 is 0 Å². The van der Waals surface area contributed by atoms with Crippen LogP contribution in [0.4, 0.5) is 10.5 Å². The second-order valence-electron chi connectivity index (χ2n) is 9.42. The molecule has 8 heteroatoms. The van der Waals surface area contributed by atoms with Gasteiger partial charge in [-0.25, -0.2) is 4.79 Å². The minimum absolute atomic E-state index is 0.0299. The SMILES string of the molecule is CC(C)(C)OC(=O)N1CC=C([C@@H]2[C@H](C(=O)Nc3ccc(Cl)c(Cl)c3)[C@H]3CC[C@@H]2O3)CC1. The molecule has 0 aromatic heterocycles. The van der Waals surface area contributed by atoms with Crippen molar-refractivity contribution in [2.75, 3.05) is 18.4 Å². The van der Waals surface area contributed by atoms with Gasteiger partial charge < -0.3 is 19.7 Å². The first-order valence-electron chi connectivity index (χ1n) is 10.7. The number of hydrogen-bond acceptors (Lipinski definition) is 4. The summed E-state index contributed by atoms with van der Waals surface area (Å²) in [6.45, 7) is 6.65. The second kappa shape index (κ2) is 8.64. The molecular formula is C23H28Cl2N2O4. The van der Waals surface area contributed by atoms with Gasteiger partial charge in [-0.15, -0.1) is 0 Å². The smallest absolute Gasteiger partial charge is 0.410 e. The number of fused-ring (bicyclic) bond motifs is 2. The van der Waals surface area contributed by atoms with Gasteiger partial charge >= 0.3 is 6.09 Å². The number of ether oxygens (including phenoxy) is 2. The van der Waals surface area contributed by atoms with Crippen LogP contribution in [0.1, 0.15) is 40.0 Å². The first-order chi connectivity index (χ1) is 14.6. The van der Waals surface area contributed by atoms with Gasteiger partial charge in [0.15, 0.2) is 0 Å². The van der Waals surface area contributed by atoms with E-state index in [1.54, 1.807) is 23.1 Å². The van der Waals surface area contributed by atoms with E-state index in [1.807, 2.05) is 20.8 Å². The molecule has 2 bridgehead atoms. The van der Waals surface area contributed by atoms with Crippen LogP contribution in [0.5, 0.6) is 0 Å². The molecule has 0 radical (unpaired) electrons. The zero-order valence-electron chi connectivity index (χ0n) is 18.0. The summed E-state index contributed by atoms with van der Waals surface area (Å²) < 4.78 is 11.6. The lowest BCUT2D eigenvalue weighted by atomic mass is 9.73. The van der Waals surface area contributed by atoms with E-state index in [0.29, 0.717) is 35.2 Å². The highest BCUT2D eigenvalue weighted by Gasteiger charge is 2.53. The minimum atomic E-state index is -0.521. The summed E-state index contributed by atoms with van der Waals surface area (Å²) in [5.41, 5.74) is 1.30. The van der Waals surface area contributed by atoms with Crippen molar-refractivity contribution >= 4 is 40.9 Å². The Balaban J connectivity index is 1.46. The number of anilines is 1. The molecule has 4 rings (SSSR count). The van der Waals surface area contributed by atoms with Crippen molar-refractivity contribution in [3.8, 4) is 0 Å². The molecule has 0 saturated carbocycles. The molecule has 3 aliphatic rings. The van der Waals surface area contributed by atoms with E-state index in [-0.39, 0.29) is 36.0 Å². The van der Waals surface area contributed by atoms with E-state index < -0.39 is 5.60 Å². The normalized spacial score (nSPS) is 27.8. The molecule has 1 N–H and O–H groups in total. The Bertz CT molecular complexity index is 911. The summed E-state index contributed by atoms with van der Waals surface area (Å²) in [6.07, 6.45) is 4.29. The van der Waals surface area contributed by atoms with Crippen molar-refractivity contribution in [3.63, 3.8) is 0 Å². The molecule has 2 fully saturated rings. The predicted octanol–water partition coefficient (Wildman–Crippen LogP) is 5.29. The van der Waals surface area contributed by atoms with Crippen LogP contribution < -0.4 is 5.32 Å². The highest BCUT2D eigenvalue weighted by molar-refractivity contribution is 6.42. The topological polar surface area (TPSA) is 67.9 Å². The predicted molar refractivity (Wildman–Crippen MR) is 120 cm³/mol. The van der Waals surface area contributed by atoms with E-state index in [4.69, 9.17) is 32.7 Å². The maximum absolute atomic E-state index is 13.2. The lowest BCUT2D eigenvalue weighted by Gasteiger charge is -2.34. The quantitative estimate of drug-likeness (QED) is 0.614. The maximum Gasteiger partial charge on any atom is 0.410 e. The van der Waals surface area contributed by atoms with Gasteiger partial charge in [0, 0.05) is 24.7 Å². The summed E-state index contributed by atoms with van der Waals surface area (Å²) in [6, 6.07) is 5.07. The number of carbonyl (C=O) groups is 2. The summed E-state index contributed by atoms with van der Waals surface area (Å²) in [5, 5.41) is 3.83. The monoisotopic (exact) mass is 466 g/mol. The van der Waals surface area contributed by atoms with Crippen LogP contribution in [0.25, 0.3) is 0 Å². The lowest BCUT2D eigenvalue weighted by molar-refractivity contribution is -0.122. The van der Waals surface area contributed by atoms with Crippen molar-refractivity contribution < 1.29 is 19.1 Å². The van der Waals surface area contributed by atoms with Crippen LogP contribution in [0.15, 0.2) is 29.8 Å². The standard InChI is InChI=1S/C23H28Cl2N2O4/c1-23(2,3)31-22(29)27-10-8-13(9-11-27)19-17-6-7-18(30-17)20(19)21(28)26-14-4-5-15(24)16(25)12-14/h4-5,8,12,17-20H,6-7,9-11H2,1-3H3,(H,26,28)/t17-,18+,19-,20+/m0/s1. The fourth-order valence-corrected chi connectivity index (χ4v) is 5.06.